The predicted octanol–water partition coefficient (Wildman–Crippen LogP) is 3.01. The number of para-hydroxylation sites is 1. The van der Waals surface area contributed by atoms with Gasteiger partial charge in [-0.05, 0) is 41.9 Å². The molecule has 0 bridgehead atoms. The Morgan fingerprint density at radius 2 is 1.95 bits per heavy atom. The molecule has 0 N–H and O–H groups in total. The largest absolute Gasteiger partial charge is 0.372 e. The highest BCUT2D eigenvalue weighted by molar-refractivity contribution is 9.10. The average Bonchev–Trinajstić information content (AvgIpc) is 2.37. The van der Waals surface area contributed by atoms with Gasteiger partial charge in [0.2, 0.25) is 0 Å². The van der Waals surface area contributed by atoms with Crippen molar-refractivity contribution in [2.24, 2.45) is 0 Å². The lowest BCUT2D eigenvalue weighted by Gasteiger charge is -2.36. The molecule has 1 aliphatic rings. The summed E-state index contributed by atoms with van der Waals surface area (Å²) in [5, 5.41) is 1.08. The van der Waals surface area contributed by atoms with Gasteiger partial charge in [0.15, 0.2) is 0 Å². The van der Waals surface area contributed by atoms with Crippen LogP contribution in [0, 0.1) is 0 Å². The van der Waals surface area contributed by atoms with E-state index in [9.17, 15) is 0 Å². The summed E-state index contributed by atoms with van der Waals surface area (Å²) in [7, 11) is 0. The van der Waals surface area contributed by atoms with Crippen LogP contribution >= 0.6 is 15.9 Å². The Kier molecular flexibility index (Phi) is 3.41. The summed E-state index contributed by atoms with van der Waals surface area (Å²) in [6.07, 6.45) is 2.08. The molecule has 100 valence electrons. The van der Waals surface area contributed by atoms with Crippen LogP contribution in [0.15, 0.2) is 29.0 Å². The minimum Gasteiger partial charge on any atom is -0.372 e. The first-order valence-electron chi connectivity index (χ1n) is 6.45. The number of anilines is 1. The molecule has 3 rings (SSSR count). The van der Waals surface area contributed by atoms with Crippen molar-refractivity contribution in [2.75, 3.05) is 18.0 Å². The number of ether oxygens (including phenoxy) is 1. The van der Waals surface area contributed by atoms with Gasteiger partial charge in [-0.3, -0.25) is 0 Å². The van der Waals surface area contributed by atoms with Crippen LogP contribution in [0.1, 0.15) is 13.8 Å². The highest BCUT2D eigenvalue weighted by Gasteiger charge is 2.24. The van der Waals surface area contributed by atoms with E-state index in [0.717, 1.165) is 34.3 Å². The Bertz CT molecular complexity index is 594. The van der Waals surface area contributed by atoms with Crippen LogP contribution in [0.25, 0.3) is 10.9 Å². The maximum Gasteiger partial charge on any atom is 0.140 e. The Balaban J connectivity index is 2.07. The second kappa shape index (κ2) is 5.06. The molecule has 0 saturated carbocycles. The van der Waals surface area contributed by atoms with Crippen LogP contribution in [0.2, 0.25) is 0 Å². The number of nitrogens with zero attached hydrogens (tertiary/aromatic N) is 3. The van der Waals surface area contributed by atoms with E-state index in [2.05, 4.69) is 50.7 Å². The lowest BCUT2D eigenvalue weighted by atomic mass is 10.2. The van der Waals surface area contributed by atoms with Crippen LogP contribution in [0.4, 0.5) is 5.82 Å². The van der Waals surface area contributed by atoms with E-state index in [4.69, 9.17) is 4.74 Å². The zero-order valence-corrected chi connectivity index (χ0v) is 12.6. The molecule has 2 heterocycles. The number of benzene rings is 1. The van der Waals surface area contributed by atoms with Crippen molar-refractivity contribution in [3.63, 3.8) is 0 Å². The summed E-state index contributed by atoms with van der Waals surface area (Å²) in [5.74, 6) is 0.994. The minimum atomic E-state index is 0.223. The van der Waals surface area contributed by atoms with Crippen LogP contribution < -0.4 is 4.90 Å². The van der Waals surface area contributed by atoms with E-state index in [1.165, 1.54) is 0 Å². The second-order valence-electron chi connectivity index (χ2n) is 5.00. The molecule has 0 spiro atoms. The molecular weight excluding hydrogens is 306 g/mol. The lowest BCUT2D eigenvalue weighted by Crippen LogP contribution is -2.45. The molecule has 2 aromatic rings. The van der Waals surface area contributed by atoms with Crippen LogP contribution in [-0.2, 0) is 4.74 Å². The second-order valence-corrected chi connectivity index (χ2v) is 5.85. The third kappa shape index (κ3) is 2.44. The molecule has 1 fully saturated rings. The first-order valence-corrected chi connectivity index (χ1v) is 7.24. The third-order valence-corrected chi connectivity index (χ3v) is 3.95. The molecule has 0 amide bonds. The maximum absolute atomic E-state index is 5.78. The van der Waals surface area contributed by atoms with Gasteiger partial charge in [0.1, 0.15) is 12.1 Å². The molecule has 5 heteroatoms. The molecule has 0 aliphatic carbocycles. The molecule has 0 radical (unpaired) electrons. The van der Waals surface area contributed by atoms with Crippen molar-refractivity contribution in [3.8, 4) is 0 Å². The van der Waals surface area contributed by atoms with E-state index >= 15 is 0 Å². The fourth-order valence-corrected chi connectivity index (χ4v) is 3.11. The summed E-state index contributed by atoms with van der Waals surface area (Å²) in [6.45, 7) is 5.93. The van der Waals surface area contributed by atoms with Gasteiger partial charge in [0.25, 0.3) is 0 Å². The number of aromatic nitrogens is 2. The lowest BCUT2D eigenvalue weighted by molar-refractivity contribution is -0.00537. The topological polar surface area (TPSA) is 38.2 Å². The van der Waals surface area contributed by atoms with Gasteiger partial charge >= 0.3 is 0 Å². The summed E-state index contributed by atoms with van der Waals surface area (Å²) < 4.78 is 6.78. The Labute approximate surface area is 120 Å². The van der Waals surface area contributed by atoms with E-state index in [1.807, 2.05) is 12.1 Å². The summed E-state index contributed by atoms with van der Waals surface area (Å²) in [6, 6.07) is 6.09. The van der Waals surface area contributed by atoms with Crippen molar-refractivity contribution >= 4 is 32.7 Å². The number of fused-ring (bicyclic) bond motifs is 1. The van der Waals surface area contributed by atoms with E-state index in [-0.39, 0.29) is 12.2 Å². The molecule has 4 nitrogen and oxygen atoms in total. The zero-order chi connectivity index (χ0) is 13.4. The van der Waals surface area contributed by atoms with Crippen molar-refractivity contribution in [3.05, 3.63) is 29.0 Å². The van der Waals surface area contributed by atoms with Crippen molar-refractivity contribution in [2.45, 2.75) is 26.1 Å². The van der Waals surface area contributed by atoms with Crippen LogP contribution in [-0.4, -0.2) is 35.3 Å². The van der Waals surface area contributed by atoms with Crippen molar-refractivity contribution in [1.82, 2.24) is 9.97 Å². The van der Waals surface area contributed by atoms with Gasteiger partial charge in [-0.25, -0.2) is 9.97 Å². The quantitative estimate of drug-likeness (QED) is 0.809. The maximum atomic E-state index is 5.78. The number of morpholine rings is 1. The molecule has 19 heavy (non-hydrogen) atoms. The minimum absolute atomic E-state index is 0.223. The van der Waals surface area contributed by atoms with E-state index in [0.29, 0.717) is 0 Å². The van der Waals surface area contributed by atoms with E-state index < -0.39 is 0 Å². The third-order valence-electron chi connectivity index (χ3n) is 3.31. The smallest absolute Gasteiger partial charge is 0.140 e. The number of hydrogen-bond acceptors (Lipinski definition) is 4. The molecule has 0 unspecified atom stereocenters. The van der Waals surface area contributed by atoms with Gasteiger partial charge in [0, 0.05) is 22.9 Å². The number of rotatable bonds is 1. The SMILES string of the molecule is C[C@H]1CN(c2ncnc3c(Br)cccc23)C[C@H](C)O1. The van der Waals surface area contributed by atoms with Gasteiger partial charge < -0.3 is 9.64 Å². The molecule has 1 aliphatic heterocycles. The Morgan fingerprint density at radius 3 is 2.68 bits per heavy atom. The average molecular weight is 322 g/mol. The number of hydrogen-bond donors (Lipinski definition) is 0. The first-order chi connectivity index (χ1) is 9.15. The fraction of sp³-hybridized carbons (Fsp3) is 0.429. The summed E-state index contributed by atoms with van der Waals surface area (Å²) in [4.78, 5) is 11.1. The van der Waals surface area contributed by atoms with Gasteiger partial charge in [-0.15, -0.1) is 0 Å². The normalized spacial score (nSPS) is 23.8. The first kappa shape index (κ1) is 12.8. The van der Waals surface area contributed by atoms with E-state index in [1.54, 1.807) is 6.33 Å². The van der Waals surface area contributed by atoms with Crippen molar-refractivity contribution < 1.29 is 4.74 Å². The predicted molar refractivity (Wildman–Crippen MR) is 79.5 cm³/mol. The molecule has 1 aromatic heterocycles. The Morgan fingerprint density at radius 1 is 1.21 bits per heavy atom. The molecule has 1 aromatic carbocycles. The monoisotopic (exact) mass is 321 g/mol. The molecule has 1 saturated heterocycles. The highest BCUT2D eigenvalue weighted by atomic mass is 79.9. The Hall–Kier alpha value is -1.20. The number of halogens is 1. The summed E-state index contributed by atoms with van der Waals surface area (Å²) >= 11 is 3.55. The summed E-state index contributed by atoms with van der Waals surface area (Å²) in [5.41, 5.74) is 0.958. The molecular formula is C14H16BrN3O. The van der Waals surface area contributed by atoms with Gasteiger partial charge in [0.05, 0.1) is 17.7 Å². The van der Waals surface area contributed by atoms with Gasteiger partial charge in [-0.2, -0.15) is 0 Å². The van der Waals surface area contributed by atoms with Crippen LogP contribution in [0.3, 0.4) is 0 Å². The van der Waals surface area contributed by atoms with Crippen LogP contribution in [0.5, 0.6) is 0 Å². The zero-order valence-electron chi connectivity index (χ0n) is 11.0. The van der Waals surface area contributed by atoms with Crippen molar-refractivity contribution in [1.29, 1.82) is 0 Å². The standard InChI is InChI=1S/C14H16BrN3O/c1-9-6-18(7-10(2)19-9)14-11-4-3-5-12(15)13(11)16-8-17-14/h3-5,8-10H,6-7H2,1-2H3/t9-,10-/m0/s1. The van der Waals surface area contributed by atoms with Gasteiger partial charge in [-0.1, -0.05) is 6.07 Å². The fourth-order valence-electron chi connectivity index (χ4n) is 2.64. The molecule has 2 atom stereocenters. The highest BCUT2D eigenvalue weighted by Crippen LogP contribution is 2.29.